The summed E-state index contributed by atoms with van der Waals surface area (Å²) in [5.74, 6) is 3.21. The van der Waals surface area contributed by atoms with Gasteiger partial charge in [-0.3, -0.25) is 0 Å². The van der Waals surface area contributed by atoms with Crippen molar-refractivity contribution >= 4 is 34.1 Å². The number of para-hydroxylation sites is 1. The quantitative estimate of drug-likeness (QED) is 0.765. The first-order valence-electron chi connectivity index (χ1n) is 6.74. The lowest BCUT2D eigenvalue weighted by Crippen LogP contribution is -2.08. The summed E-state index contributed by atoms with van der Waals surface area (Å²) in [6.45, 7) is 0. The number of nitrogens with two attached hydrogens (primary N) is 1. The van der Waals surface area contributed by atoms with E-state index in [-0.39, 0.29) is 6.04 Å². The first-order valence-corrected chi connectivity index (χ1v) is 8.71. The standard InChI is InChI=1S/C16H15NOS2/c17-16(13-7-10-3-1-2-4-12(10)18-13)15-8-11-9-19-6-5-14(11)20-15/h1-4,7-8,16H,5-6,9,17H2. The van der Waals surface area contributed by atoms with Gasteiger partial charge in [0.05, 0.1) is 6.04 Å². The lowest BCUT2D eigenvalue weighted by atomic mass is 10.1. The Morgan fingerprint density at radius 2 is 2.10 bits per heavy atom. The minimum atomic E-state index is -0.150. The molecule has 0 amide bonds. The van der Waals surface area contributed by atoms with Crippen LogP contribution in [0.15, 0.2) is 40.8 Å². The van der Waals surface area contributed by atoms with Crippen LogP contribution in [0.3, 0.4) is 0 Å². The molecule has 0 aliphatic carbocycles. The van der Waals surface area contributed by atoms with Crippen molar-refractivity contribution in [3.63, 3.8) is 0 Å². The Hall–Kier alpha value is -1.23. The summed E-state index contributed by atoms with van der Waals surface area (Å²) in [6, 6.07) is 12.2. The lowest BCUT2D eigenvalue weighted by Gasteiger charge is -2.08. The molecule has 4 rings (SSSR count). The third kappa shape index (κ3) is 2.08. The second-order valence-electron chi connectivity index (χ2n) is 5.06. The highest BCUT2D eigenvalue weighted by Gasteiger charge is 2.20. The van der Waals surface area contributed by atoms with Gasteiger partial charge in [0.1, 0.15) is 11.3 Å². The van der Waals surface area contributed by atoms with Crippen molar-refractivity contribution in [3.8, 4) is 0 Å². The van der Waals surface area contributed by atoms with Crippen molar-refractivity contribution in [3.05, 3.63) is 57.5 Å². The van der Waals surface area contributed by atoms with Gasteiger partial charge < -0.3 is 10.2 Å². The van der Waals surface area contributed by atoms with Gasteiger partial charge in [0.15, 0.2) is 0 Å². The van der Waals surface area contributed by atoms with Gasteiger partial charge in [-0.2, -0.15) is 11.8 Å². The molecule has 2 N–H and O–H groups in total. The highest BCUT2D eigenvalue weighted by molar-refractivity contribution is 7.98. The second-order valence-corrected chi connectivity index (χ2v) is 7.34. The number of hydrogen-bond acceptors (Lipinski definition) is 4. The van der Waals surface area contributed by atoms with Crippen LogP contribution < -0.4 is 5.73 Å². The van der Waals surface area contributed by atoms with Crippen LogP contribution in [0.5, 0.6) is 0 Å². The molecule has 0 spiro atoms. The van der Waals surface area contributed by atoms with Crippen LogP contribution in [0.2, 0.25) is 0 Å². The topological polar surface area (TPSA) is 39.2 Å². The fourth-order valence-electron chi connectivity index (χ4n) is 2.62. The zero-order valence-electron chi connectivity index (χ0n) is 11.0. The molecule has 3 aromatic rings. The van der Waals surface area contributed by atoms with E-state index < -0.39 is 0 Å². The van der Waals surface area contributed by atoms with E-state index in [0.717, 1.165) is 22.5 Å². The fourth-order valence-corrected chi connectivity index (χ4v) is 5.01. The second kappa shape index (κ2) is 4.95. The van der Waals surface area contributed by atoms with Gasteiger partial charge in [-0.1, -0.05) is 18.2 Å². The molecule has 3 heterocycles. The Labute approximate surface area is 126 Å². The summed E-state index contributed by atoms with van der Waals surface area (Å²) in [5, 5.41) is 1.12. The molecule has 1 atom stereocenters. The Kier molecular flexibility index (Phi) is 3.10. The van der Waals surface area contributed by atoms with Gasteiger partial charge >= 0.3 is 0 Å². The van der Waals surface area contributed by atoms with E-state index in [1.54, 1.807) is 0 Å². The van der Waals surface area contributed by atoms with Crippen molar-refractivity contribution < 1.29 is 4.42 Å². The summed E-state index contributed by atoms with van der Waals surface area (Å²) in [4.78, 5) is 2.72. The Morgan fingerprint density at radius 1 is 1.20 bits per heavy atom. The Balaban J connectivity index is 1.72. The van der Waals surface area contributed by atoms with E-state index in [0.29, 0.717) is 0 Å². The number of aryl methyl sites for hydroxylation is 1. The molecule has 2 nitrogen and oxygen atoms in total. The van der Waals surface area contributed by atoms with Crippen molar-refractivity contribution in [2.24, 2.45) is 5.73 Å². The number of fused-ring (bicyclic) bond motifs is 2. The molecule has 102 valence electrons. The fraction of sp³-hybridized carbons (Fsp3) is 0.250. The average Bonchev–Trinajstić information content (AvgIpc) is 3.10. The number of hydrogen-bond donors (Lipinski definition) is 1. The van der Waals surface area contributed by atoms with Crippen molar-refractivity contribution in [1.82, 2.24) is 0 Å². The Bertz CT molecular complexity index is 702. The maximum Gasteiger partial charge on any atom is 0.134 e. The molecule has 1 aliphatic rings. The summed E-state index contributed by atoms with van der Waals surface area (Å²) in [7, 11) is 0. The van der Waals surface area contributed by atoms with Crippen LogP contribution in [-0.4, -0.2) is 5.75 Å². The molecule has 4 heteroatoms. The van der Waals surface area contributed by atoms with E-state index in [1.165, 1.54) is 27.5 Å². The zero-order valence-corrected chi connectivity index (χ0v) is 12.6. The predicted molar refractivity (Wildman–Crippen MR) is 86.4 cm³/mol. The molecule has 2 aromatic heterocycles. The molecule has 1 aliphatic heterocycles. The summed E-state index contributed by atoms with van der Waals surface area (Å²) < 4.78 is 5.89. The van der Waals surface area contributed by atoms with Gasteiger partial charge in [-0.05, 0) is 35.9 Å². The average molecular weight is 301 g/mol. The van der Waals surface area contributed by atoms with E-state index in [2.05, 4.69) is 18.2 Å². The van der Waals surface area contributed by atoms with Crippen molar-refractivity contribution in [2.45, 2.75) is 18.2 Å². The SMILES string of the molecule is NC(c1cc2ccccc2o1)c1cc2c(s1)CCSC2. The molecule has 0 saturated heterocycles. The van der Waals surface area contributed by atoms with Crippen molar-refractivity contribution in [2.75, 3.05) is 5.75 Å². The van der Waals surface area contributed by atoms with Crippen LogP contribution >= 0.6 is 23.1 Å². The zero-order chi connectivity index (χ0) is 13.5. The van der Waals surface area contributed by atoms with Gasteiger partial charge in [0.2, 0.25) is 0 Å². The normalized spacial score (nSPS) is 16.2. The first kappa shape index (κ1) is 12.5. The lowest BCUT2D eigenvalue weighted by molar-refractivity contribution is 0.528. The van der Waals surface area contributed by atoms with Crippen LogP contribution in [0.4, 0.5) is 0 Å². The third-order valence-corrected chi connectivity index (χ3v) is 6.03. The van der Waals surface area contributed by atoms with Crippen LogP contribution in [-0.2, 0) is 12.2 Å². The molecular weight excluding hydrogens is 286 g/mol. The minimum Gasteiger partial charge on any atom is -0.459 e. The molecule has 20 heavy (non-hydrogen) atoms. The molecule has 0 bridgehead atoms. The van der Waals surface area contributed by atoms with Crippen LogP contribution in [0.1, 0.15) is 27.1 Å². The van der Waals surface area contributed by atoms with E-state index in [9.17, 15) is 0 Å². The summed E-state index contributed by atoms with van der Waals surface area (Å²) in [6.07, 6.45) is 1.18. The smallest absolute Gasteiger partial charge is 0.134 e. The molecule has 1 aromatic carbocycles. The maximum atomic E-state index is 6.40. The third-order valence-electron chi connectivity index (χ3n) is 3.70. The number of thiophene rings is 1. The molecule has 0 saturated carbocycles. The molecular formula is C16H15NOS2. The predicted octanol–water partition coefficient (Wildman–Crippen LogP) is 4.33. The monoisotopic (exact) mass is 301 g/mol. The van der Waals surface area contributed by atoms with Gasteiger partial charge in [0.25, 0.3) is 0 Å². The highest BCUT2D eigenvalue weighted by Crippen LogP contribution is 2.36. The molecule has 1 unspecified atom stereocenters. The first-order chi connectivity index (χ1) is 9.81. The van der Waals surface area contributed by atoms with E-state index >= 15 is 0 Å². The number of rotatable bonds is 2. The summed E-state index contributed by atoms with van der Waals surface area (Å²) >= 11 is 3.85. The van der Waals surface area contributed by atoms with E-state index in [4.69, 9.17) is 10.2 Å². The number of benzene rings is 1. The van der Waals surface area contributed by atoms with Gasteiger partial charge in [-0.15, -0.1) is 11.3 Å². The molecule has 0 fully saturated rings. The largest absolute Gasteiger partial charge is 0.459 e. The van der Waals surface area contributed by atoms with Gasteiger partial charge in [-0.25, -0.2) is 0 Å². The van der Waals surface area contributed by atoms with Crippen LogP contribution in [0.25, 0.3) is 11.0 Å². The molecule has 0 radical (unpaired) electrons. The minimum absolute atomic E-state index is 0.150. The number of furan rings is 1. The van der Waals surface area contributed by atoms with E-state index in [1.807, 2.05) is 41.3 Å². The van der Waals surface area contributed by atoms with Crippen molar-refractivity contribution in [1.29, 1.82) is 0 Å². The maximum absolute atomic E-state index is 6.40. The number of thioether (sulfide) groups is 1. The Morgan fingerprint density at radius 3 is 2.95 bits per heavy atom. The highest BCUT2D eigenvalue weighted by atomic mass is 32.2. The summed E-state index contributed by atoms with van der Waals surface area (Å²) in [5.41, 5.74) is 8.78. The van der Waals surface area contributed by atoms with Gasteiger partial charge in [0, 0.05) is 20.9 Å². The van der Waals surface area contributed by atoms with Crippen LogP contribution in [0, 0.1) is 0 Å².